The molecule has 1 saturated heterocycles. The van der Waals surface area contributed by atoms with E-state index in [0.29, 0.717) is 6.54 Å². The lowest BCUT2D eigenvalue weighted by atomic mass is 10.1. The van der Waals surface area contributed by atoms with E-state index < -0.39 is 0 Å². The van der Waals surface area contributed by atoms with E-state index in [4.69, 9.17) is 0 Å². The predicted molar refractivity (Wildman–Crippen MR) is 74.6 cm³/mol. The summed E-state index contributed by atoms with van der Waals surface area (Å²) in [6.45, 7) is 2.21. The Kier molecular flexibility index (Phi) is 3.53. The molecule has 1 heterocycles. The smallest absolute Gasteiger partial charge is 0.238 e. The molecule has 19 heavy (non-hydrogen) atoms. The fraction of sp³-hybridized carbons (Fsp3) is 0.533. The molecule has 1 aromatic rings. The largest absolute Gasteiger partial charge is 0.321 e. The molecule has 102 valence electrons. The first-order valence-electron chi connectivity index (χ1n) is 7.04. The zero-order valence-corrected chi connectivity index (χ0v) is 11.4. The second kappa shape index (κ2) is 5.31. The van der Waals surface area contributed by atoms with Gasteiger partial charge in [0.1, 0.15) is 6.17 Å². The van der Waals surface area contributed by atoms with Crippen LogP contribution in [0.15, 0.2) is 30.3 Å². The second-order valence-corrected chi connectivity index (χ2v) is 5.49. The number of rotatable bonds is 5. The standard InChI is InChI=1S/C15H21N3O/c1-17(13-7-8-13)9-10-18-14(19)11-16-15(18)12-5-3-2-4-6-12/h2-6,13,15-16H,7-11H2,1H3. The van der Waals surface area contributed by atoms with Gasteiger partial charge in [-0.25, -0.2) is 0 Å². The predicted octanol–water partition coefficient (Wildman–Crippen LogP) is 1.21. The van der Waals surface area contributed by atoms with Crippen LogP contribution < -0.4 is 5.32 Å². The first kappa shape index (κ1) is 12.6. The van der Waals surface area contributed by atoms with Gasteiger partial charge in [0.2, 0.25) is 5.91 Å². The third-order valence-corrected chi connectivity index (χ3v) is 4.06. The molecular weight excluding hydrogens is 238 g/mol. The van der Waals surface area contributed by atoms with Gasteiger partial charge in [-0.15, -0.1) is 0 Å². The van der Waals surface area contributed by atoms with Gasteiger partial charge in [-0.05, 0) is 25.5 Å². The van der Waals surface area contributed by atoms with Gasteiger partial charge in [0.25, 0.3) is 0 Å². The van der Waals surface area contributed by atoms with E-state index in [1.165, 1.54) is 18.4 Å². The number of carbonyl (C=O) groups excluding carboxylic acids is 1. The lowest BCUT2D eigenvalue weighted by Gasteiger charge is -2.27. The zero-order chi connectivity index (χ0) is 13.2. The first-order valence-corrected chi connectivity index (χ1v) is 7.04. The van der Waals surface area contributed by atoms with Gasteiger partial charge in [-0.2, -0.15) is 0 Å². The zero-order valence-electron chi connectivity index (χ0n) is 11.4. The Balaban J connectivity index is 1.65. The Labute approximate surface area is 114 Å². The molecule has 0 radical (unpaired) electrons. The van der Waals surface area contributed by atoms with Gasteiger partial charge in [-0.3, -0.25) is 10.1 Å². The van der Waals surface area contributed by atoms with E-state index in [1.807, 2.05) is 23.1 Å². The SMILES string of the molecule is CN(CCN1C(=O)CNC1c1ccccc1)C1CC1. The monoisotopic (exact) mass is 259 g/mol. The number of nitrogens with one attached hydrogen (secondary N) is 1. The number of hydrogen-bond acceptors (Lipinski definition) is 3. The normalized spacial score (nSPS) is 23.4. The molecule has 1 saturated carbocycles. The molecule has 1 unspecified atom stereocenters. The number of amides is 1. The average molecular weight is 259 g/mol. The lowest BCUT2D eigenvalue weighted by molar-refractivity contribution is -0.128. The molecule has 1 aliphatic heterocycles. The van der Waals surface area contributed by atoms with Crippen molar-refractivity contribution >= 4 is 5.91 Å². The van der Waals surface area contributed by atoms with Crippen LogP contribution in [0.1, 0.15) is 24.6 Å². The van der Waals surface area contributed by atoms with Crippen molar-refractivity contribution in [2.75, 3.05) is 26.7 Å². The maximum absolute atomic E-state index is 12.0. The minimum atomic E-state index is 0.0429. The van der Waals surface area contributed by atoms with Crippen LogP contribution in [0.25, 0.3) is 0 Å². The summed E-state index contributed by atoms with van der Waals surface area (Å²) in [4.78, 5) is 16.3. The summed E-state index contributed by atoms with van der Waals surface area (Å²) in [6, 6.07) is 11.0. The molecule has 2 fully saturated rings. The minimum Gasteiger partial charge on any atom is -0.321 e. The van der Waals surface area contributed by atoms with Crippen LogP contribution in [0.2, 0.25) is 0 Å². The van der Waals surface area contributed by atoms with E-state index in [0.717, 1.165) is 19.1 Å². The van der Waals surface area contributed by atoms with Crippen molar-refractivity contribution < 1.29 is 4.79 Å². The van der Waals surface area contributed by atoms with Gasteiger partial charge in [0, 0.05) is 19.1 Å². The van der Waals surface area contributed by atoms with Crippen LogP contribution in [-0.4, -0.2) is 48.4 Å². The summed E-state index contributed by atoms with van der Waals surface area (Å²) >= 11 is 0. The Hall–Kier alpha value is -1.39. The van der Waals surface area contributed by atoms with E-state index in [2.05, 4.69) is 29.4 Å². The Morgan fingerprint density at radius 2 is 2.05 bits per heavy atom. The third kappa shape index (κ3) is 2.80. The molecule has 1 aliphatic carbocycles. The first-order chi connectivity index (χ1) is 9.25. The molecule has 4 nitrogen and oxygen atoms in total. The molecule has 0 spiro atoms. The van der Waals surface area contributed by atoms with Crippen molar-refractivity contribution in [1.29, 1.82) is 0 Å². The van der Waals surface area contributed by atoms with Crippen LogP contribution >= 0.6 is 0 Å². The molecule has 1 aromatic carbocycles. The molecule has 1 amide bonds. The highest BCUT2D eigenvalue weighted by Gasteiger charge is 2.32. The molecule has 2 aliphatic rings. The summed E-state index contributed by atoms with van der Waals surface area (Å²) in [6.07, 6.45) is 2.66. The van der Waals surface area contributed by atoms with Crippen LogP contribution in [0.3, 0.4) is 0 Å². The summed E-state index contributed by atoms with van der Waals surface area (Å²) in [5, 5.41) is 3.30. The summed E-state index contributed by atoms with van der Waals surface area (Å²) in [5.41, 5.74) is 1.17. The van der Waals surface area contributed by atoms with Crippen molar-refractivity contribution in [3.05, 3.63) is 35.9 Å². The highest BCUT2D eigenvalue weighted by molar-refractivity contribution is 5.80. The average Bonchev–Trinajstić information content (AvgIpc) is 3.22. The Morgan fingerprint density at radius 1 is 1.32 bits per heavy atom. The highest BCUT2D eigenvalue weighted by atomic mass is 16.2. The van der Waals surface area contributed by atoms with Crippen molar-refractivity contribution in [3.63, 3.8) is 0 Å². The lowest BCUT2D eigenvalue weighted by Crippen LogP contribution is -2.37. The molecule has 1 N–H and O–H groups in total. The van der Waals surface area contributed by atoms with E-state index >= 15 is 0 Å². The van der Waals surface area contributed by atoms with E-state index in [9.17, 15) is 4.79 Å². The van der Waals surface area contributed by atoms with Crippen LogP contribution in [-0.2, 0) is 4.79 Å². The number of nitrogens with zero attached hydrogens (tertiary/aromatic N) is 2. The Bertz CT molecular complexity index is 444. The molecule has 3 rings (SSSR count). The molecular formula is C15H21N3O. The van der Waals surface area contributed by atoms with Crippen LogP contribution in [0.5, 0.6) is 0 Å². The van der Waals surface area contributed by atoms with Gasteiger partial charge >= 0.3 is 0 Å². The number of hydrogen-bond donors (Lipinski definition) is 1. The van der Waals surface area contributed by atoms with Crippen molar-refractivity contribution in [1.82, 2.24) is 15.1 Å². The molecule has 1 atom stereocenters. The maximum Gasteiger partial charge on any atom is 0.238 e. The summed E-state index contributed by atoms with van der Waals surface area (Å²) < 4.78 is 0. The molecule has 0 bridgehead atoms. The van der Waals surface area contributed by atoms with E-state index in [-0.39, 0.29) is 12.1 Å². The molecule has 4 heteroatoms. The van der Waals surface area contributed by atoms with Crippen LogP contribution in [0, 0.1) is 0 Å². The van der Waals surface area contributed by atoms with Crippen molar-refractivity contribution in [3.8, 4) is 0 Å². The van der Waals surface area contributed by atoms with Gasteiger partial charge < -0.3 is 9.80 Å². The second-order valence-electron chi connectivity index (χ2n) is 5.49. The van der Waals surface area contributed by atoms with Crippen LogP contribution in [0.4, 0.5) is 0 Å². The Morgan fingerprint density at radius 3 is 2.74 bits per heavy atom. The van der Waals surface area contributed by atoms with Crippen molar-refractivity contribution in [2.45, 2.75) is 25.0 Å². The van der Waals surface area contributed by atoms with Gasteiger partial charge in [0.05, 0.1) is 6.54 Å². The summed E-state index contributed by atoms with van der Waals surface area (Å²) in [7, 11) is 2.16. The number of carbonyl (C=O) groups is 1. The topological polar surface area (TPSA) is 35.6 Å². The van der Waals surface area contributed by atoms with Gasteiger partial charge in [-0.1, -0.05) is 30.3 Å². The quantitative estimate of drug-likeness (QED) is 0.863. The number of benzene rings is 1. The van der Waals surface area contributed by atoms with Gasteiger partial charge in [0.15, 0.2) is 0 Å². The van der Waals surface area contributed by atoms with Crippen molar-refractivity contribution in [2.24, 2.45) is 0 Å². The maximum atomic E-state index is 12.0. The fourth-order valence-electron chi connectivity index (χ4n) is 2.69. The summed E-state index contributed by atoms with van der Waals surface area (Å²) in [5.74, 6) is 0.207. The minimum absolute atomic E-state index is 0.0429. The third-order valence-electron chi connectivity index (χ3n) is 4.06. The number of likely N-dealkylation sites (N-methyl/N-ethyl adjacent to an activating group) is 1. The highest BCUT2D eigenvalue weighted by Crippen LogP contribution is 2.26. The molecule has 0 aromatic heterocycles. The fourth-order valence-corrected chi connectivity index (χ4v) is 2.69. The van der Waals surface area contributed by atoms with E-state index in [1.54, 1.807) is 0 Å².